The average molecular weight is 598 g/mol. The zero-order chi connectivity index (χ0) is 29.0. The second-order valence-corrected chi connectivity index (χ2v) is 11.3. The van der Waals surface area contributed by atoms with Gasteiger partial charge in [0.05, 0.1) is 13.7 Å². The minimum absolute atomic E-state index is 0.128. The Morgan fingerprint density at radius 2 is 1.66 bits per heavy atom. The number of carbonyl (C=O) groups is 2. The molecular formula is C33H38Cl2N2O4. The molecule has 2 amide bonds. The van der Waals surface area contributed by atoms with Gasteiger partial charge in [-0.25, -0.2) is 0 Å². The van der Waals surface area contributed by atoms with E-state index in [1.54, 1.807) is 24.1 Å². The molecule has 4 rings (SSSR count). The van der Waals surface area contributed by atoms with E-state index in [9.17, 15) is 9.59 Å². The molecule has 6 nitrogen and oxygen atoms in total. The quantitative estimate of drug-likeness (QED) is 0.211. The highest BCUT2D eigenvalue weighted by atomic mass is 35.5. The summed E-state index contributed by atoms with van der Waals surface area (Å²) in [4.78, 5) is 29.4. The van der Waals surface area contributed by atoms with Crippen molar-refractivity contribution in [3.8, 4) is 11.5 Å². The largest absolute Gasteiger partial charge is 0.497 e. The molecule has 0 radical (unpaired) electrons. The standard InChI is InChI=1S/C33H38Cl2N2O4/c1-40-28-16-18-29(19-17-28)41-20-8-13-32(38)37(23-25-14-15-26(34)22-30(25)35)31(21-24-9-4-2-5-10-24)33(39)36-27-11-6-3-7-12-27/h2,4-5,9-10,14-19,22,27,31H,3,6-8,11-13,20-21,23H2,1H3,(H,36,39). The lowest BCUT2D eigenvalue weighted by Gasteiger charge is -2.33. The molecule has 41 heavy (non-hydrogen) atoms. The van der Waals surface area contributed by atoms with E-state index in [0.29, 0.717) is 35.2 Å². The number of ether oxygens (including phenoxy) is 2. The molecule has 1 atom stereocenters. The number of nitrogens with zero attached hydrogens (tertiary/aromatic N) is 1. The number of hydrogen-bond acceptors (Lipinski definition) is 4. The number of nitrogens with one attached hydrogen (secondary N) is 1. The van der Waals surface area contributed by atoms with Crippen LogP contribution in [0.25, 0.3) is 0 Å². The Morgan fingerprint density at radius 1 is 0.951 bits per heavy atom. The summed E-state index contributed by atoms with van der Waals surface area (Å²) in [6.45, 7) is 0.564. The van der Waals surface area contributed by atoms with Crippen LogP contribution in [0.3, 0.4) is 0 Å². The summed E-state index contributed by atoms with van der Waals surface area (Å²) >= 11 is 12.7. The zero-order valence-electron chi connectivity index (χ0n) is 23.5. The normalized spacial score (nSPS) is 14.2. The molecule has 1 saturated carbocycles. The summed E-state index contributed by atoms with van der Waals surface area (Å²) in [5.41, 5.74) is 1.72. The van der Waals surface area contributed by atoms with Crippen molar-refractivity contribution in [1.82, 2.24) is 10.2 Å². The number of hydrogen-bond donors (Lipinski definition) is 1. The first kappa shape index (κ1) is 30.7. The van der Waals surface area contributed by atoms with Crippen LogP contribution >= 0.6 is 23.2 Å². The fraction of sp³-hybridized carbons (Fsp3) is 0.394. The van der Waals surface area contributed by atoms with Gasteiger partial charge in [0, 0.05) is 35.5 Å². The van der Waals surface area contributed by atoms with Crippen molar-refractivity contribution in [1.29, 1.82) is 0 Å². The molecule has 3 aromatic carbocycles. The molecule has 3 aromatic rings. The van der Waals surface area contributed by atoms with E-state index in [1.807, 2.05) is 60.7 Å². The SMILES string of the molecule is COc1ccc(OCCCC(=O)N(Cc2ccc(Cl)cc2Cl)C(Cc2ccccc2)C(=O)NC2CCCCC2)cc1. The van der Waals surface area contributed by atoms with Gasteiger partial charge in [0.15, 0.2) is 0 Å². The predicted octanol–water partition coefficient (Wildman–Crippen LogP) is 7.25. The van der Waals surface area contributed by atoms with Gasteiger partial charge < -0.3 is 19.7 Å². The molecule has 0 bridgehead atoms. The third-order valence-corrected chi connectivity index (χ3v) is 8.03. The molecule has 0 spiro atoms. The maximum atomic E-state index is 13.9. The lowest BCUT2D eigenvalue weighted by molar-refractivity contribution is -0.141. The number of amides is 2. The summed E-state index contributed by atoms with van der Waals surface area (Å²) < 4.78 is 11.0. The molecule has 218 valence electrons. The number of carbonyl (C=O) groups excluding carboxylic acids is 2. The maximum Gasteiger partial charge on any atom is 0.243 e. The van der Waals surface area contributed by atoms with E-state index >= 15 is 0 Å². The highest BCUT2D eigenvalue weighted by Crippen LogP contribution is 2.25. The van der Waals surface area contributed by atoms with E-state index in [-0.39, 0.29) is 30.8 Å². The number of methoxy groups -OCH3 is 1. The van der Waals surface area contributed by atoms with Crippen LogP contribution in [0.1, 0.15) is 56.1 Å². The van der Waals surface area contributed by atoms with E-state index < -0.39 is 6.04 Å². The summed E-state index contributed by atoms with van der Waals surface area (Å²) in [6, 6.07) is 21.8. The molecule has 1 N–H and O–H groups in total. The third-order valence-electron chi connectivity index (χ3n) is 7.44. The van der Waals surface area contributed by atoms with Gasteiger partial charge in [0.25, 0.3) is 0 Å². The van der Waals surface area contributed by atoms with Gasteiger partial charge in [-0.05, 0) is 66.8 Å². The molecule has 0 aromatic heterocycles. The van der Waals surface area contributed by atoms with E-state index in [0.717, 1.165) is 42.6 Å². The van der Waals surface area contributed by atoms with E-state index in [2.05, 4.69) is 5.32 Å². The fourth-order valence-electron chi connectivity index (χ4n) is 5.16. The van der Waals surface area contributed by atoms with Crippen LogP contribution in [0, 0.1) is 0 Å². The van der Waals surface area contributed by atoms with Gasteiger partial charge in [0.1, 0.15) is 17.5 Å². The second kappa shape index (κ2) is 15.7. The third kappa shape index (κ3) is 9.40. The first-order valence-electron chi connectivity index (χ1n) is 14.3. The van der Waals surface area contributed by atoms with Gasteiger partial charge in [-0.3, -0.25) is 9.59 Å². The Bertz CT molecular complexity index is 1260. The van der Waals surface area contributed by atoms with Crippen molar-refractivity contribution in [2.45, 2.75) is 70.0 Å². The van der Waals surface area contributed by atoms with E-state index in [4.69, 9.17) is 32.7 Å². The molecule has 8 heteroatoms. The van der Waals surface area contributed by atoms with Crippen LogP contribution in [0.5, 0.6) is 11.5 Å². The highest BCUT2D eigenvalue weighted by molar-refractivity contribution is 6.35. The molecule has 1 aliphatic rings. The van der Waals surface area contributed by atoms with Crippen molar-refractivity contribution in [2.75, 3.05) is 13.7 Å². The average Bonchev–Trinajstić information content (AvgIpc) is 2.99. The summed E-state index contributed by atoms with van der Waals surface area (Å²) in [5, 5.41) is 4.24. The topological polar surface area (TPSA) is 67.9 Å². The molecule has 0 aliphatic heterocycles. The minimum atomic E-state index is -0.693. The molecule has 1 unspecified atom stereocenters. The van der Waals surface area contributed by atoms with Crippen LogP contribution in [0.4, 0.5) is 0 Å². The van der Waals surface area contributed by atoms with Crippen molar-refractivity contribution < 1.29 is 19.1 Å². The minimum Gasteiger partial charge on any atom is -0.497 e. The zero-order valence-corrected chi connectivity index (χ0v) is 25.0. The van der Waals surface area contributed by atoms with Crippen LogP contribution in [0.2, 0.25) is 10.0 Å². The monoisotopic (exact) mass is 596 g/mol. The maximum absolute atomic E-state index is 13.9. The Balaban J connectivity index is 1.53. The summed E-state index contributed by atoms with van der Waals surface area (Å²) in [5.74, 6) is 1.19. The number of rotatable bonds is 13. The van der Waals surface area contributed by atoms with Gasteiger partial charge in [0.2, 0.25) is 11.8 Å². The first-order chi connectivity index (χ1) is 19.9. The van der Waals surface area contributed by atoms with Crippen molar-refractivity contribution in [2.24, 2.45) is 0 Å². The van der Waals surface area contributed by atoms with Gasteiger partial charge in [-0.1, -0.05) is 78.9 Å². The van der Waals surface area contributed by atoms with Gasteiger partial charge >= 0.3 is 0 Å². The Labute approximate surface area is 252 Å². The smallest absolute Gasteiger partial charge is 0.243 e. The lowest BCUT2D eigenvalue weighted by Crippen LogP contribution is -2.52. The van der Waals surface area contributed by atoms with Gasteiger partial charge in [-0.2, -0.15) is 0 Å². The van der Waals surface area contributed by atoms with Crippen molar-refractivity contribution in [3.05, 3.63) is 94.0 Å². The molecule has 1 fully saturated rings. The van der Waals surface area contributed by atoms with Crippen molar-refractivity contribution in [3.63, 3.8) is 0 Å². The van der Waals surface area contributed by atoms with Gasteiger partial charge in [-0.15, -0.1) is 0 Å². The Hall–Kier alpha value is -3.22. The molecule has 0 heterocycles. The molecule has 0 saturated heterocycles. The first-order valence-corrected chi connectivity index (χ1v) is 15.0. The van der Waals surface area contributed by atoms with Crippen molar-refractivity contribution >= 4 is 35.0 Å². The Kier molecular flexibility index (Phi) is 11.8. The molecule has 1 aliphatic carbocycles. The van der Waals surface area contributed by atoms with Crippen LogP contribution in [-0.4, -0.2) is 42.5 Å². The number of benzene rings is 3. The number of halogens is 2. The summed E-state index contributed by atoms with van der Waals surface area (Å²) in [7, 11) is 1.62. The fourth-order valence-corrected chi connectivity index (χ4v) is 5.63. The van der Waals surface area contributed by atoms with Crippen LogP contribution < -0.4 is 14.8 Å². The highest BCUT2D eigenvalue weighted by Gasteiger charge is 2.32. The van der Waals surface area contributed by atoms with Crippen LogP contribution in [0.15, 0.2) is 72.8 Å². The van der Waals surface area contributed by atoms with E-state index in [1.165, 1.54) is 6.42 Å². The molecular weight excluding hydrogens is 559 g/mol. The lowest BCUT2D eigenvalue weighted by atomic mass is 9.94. The Morgan fingerprint density at radius 3 is 2.34 bits per heavy atom. The predicted molar refractivity (Wildman–Crippen MR) is 164 cm³/mol. The second-order valence-electron chi connectivity index (χ2n) is 10.4. The summed E-state index contributed by atoms with van der Waals surface area (Å²) in [6.07, 6.45) is 6.45. The van der Waals surface area contributed by atoms with Crippen LogP contribution in [-0.2, 0) is 22.6 Å².